The number of benzene rings is 3. The molecule has 1 aliphatic rings. The molecule has 134 valence electrons. The third-order valence-corrected chi connectivity index (χ3v) is 5.46. The molecule has 27 heavy (non-hydrogen) atoms. The third kappa shape index (κ3) is 2.82. The van der Waals surface area contributed by atoms with Gasteiger partial charge in [-0.05, 0) is 30.3 Å². The van der Waals surface area contributed by atoms with Crippen LogP contribution in [0.15, 0.2) is 71.6 Å². The molecule has 0 bridgehead atoms. The van der Waals surface area contributed by atoms with Gasteiger partial charge in [0, 0.05) is 16.7 Å². The molecule has 0 amide bonds. The van der Waals surface area contributed by atoms with Gasteiger partial charge in [-0.2, -0.15) is 8.42 Å². The molecule has 0 N–H and O–H groups in total. The molecule has 7 heteroatoms. The summed E-state index contributed by atoms with van der Waals surface area (Å²) in [6.07, 6.45) is 0. The minimum atomic E-state index is -4.31. The van der Waals surface area contributed by atoms with Crippen LogP contribution in [0.3, 0.4) is 0 Å². The van der Waals surface area contributed by atoms with E-state index in [9.17, 15) is 22.4 Å². The normalized spacial score (nSPS) is 13.1. The van der Waals surface area contributed by atoms with Crippen molar-refractivity contribution in [2.75, 3.05) is 0 Å². The SMILES string of the molecule is O=C1c2ccccc2C(=O)c2c(OS(=O)(=O)c3ccc(F)cc3)cccc21. The first-order valence-electron chi connectivity index (χ1n) is 7.90. The predicted molar refractivity (Wildman–Crippen MR) is 94.0 cm³/mol. The number of hydrogen-bond acceptors (Lipinski definition) is 5. The zero-order valence-electron chi connectivity index (χ0n) is 13.7. The van der Waals surface area contributed by atoms with Gasteiger partial charge in [0.25, 0.3) is 0 Å². The van der Waals surface area contributed by atoms with Gasteiger partial charge >= 0.3 is 10.1 Å². The molecule has 3 aromatic carbocycles. The van der Waals surface area contributed by atoms with E-state index < -0.39 is 21.7 Å². The lowest BCUT2D eigenvalue weighted by Gasteiger charge is -2.19. The zero-order valence-corrected chi connectivity index (χ0v) is 14.5. The van der Waals surface area contributed by atoms with E-state index in [2.05, 4.69) is 0 Å². The Morgan fingerprint density at radius 3 is 1.96 bits per heavy atom. The molecular formula is C20H11FO5S. The van der Waals surface area contributed by atoms with Crippen molar-refractivity contribution < 1.29 is 26.6 Å². The van der Waals surface area contributed by atoms with E-state index in [4.69, 9.17) is 4.18 Å². The summed E-state index contributed by atoms with van der Waals surface area (Å²) in [4.78, 5) is 25.3. The number of carbonyl (C=O) groups is 2. The lowest BCUT2D eigenvalue weighted by atomic mass is 9.84. The largest absolute Gasteiger partial charge is 0.378 e. The Hall–Kier alpha value is -3.32. The highest BCUT2D eigenvalue weighted by molar-refractivity contribution is 7.87. The zero-order chi connectivity index (χ0) is 19.2. The third-order valence-electron chi connectivity index (χ3n) is 4.22. The van der Waals surface area contributed by atoms with Crippen molar-refractivity contribution in [2.45, 2.75) is 4.90 Å². The average molecular weight is 382 g/mol. The Bertz CT molecular complexity index is 1200. The first kappa shape index (κ1) is 17.1. The Balaban J connectivity index is 1.82. The molecule has 0 aliphatic heterocycles. The maximum Gasteiger partial charge on any atom is 0.339 e. The van der Waals surface area contributed by atoms with Crippen molar-refractivity contribution in [3.63, 3.8) is 0 Å². The maximum atomic E-state index is 13.0. The quantitative estimate of drug-likeness (QED) is 0.508. The van der Waals surface area contributed by atoms with Gasteiger partial charge in [-0.1, -0.05) is 36.4 Å². The molecule has 0 spiro atoms. The molecule has 4 rings (SSSR count). The van der Waals surface area contributed by atoms with Gasteiger partial charge in [-0.3, -0.25) is 9.59 Å². The van der Waals surface area contributed by atoms with Gasteiger partial charge < -0.3 is 4.18 Å². The second-order valence-electron chi connectivity index (χ2n) is 5.87. The summed E-state index contributed by atoms with van der Waals surface area (Å²) < 4.78 is 43.2. The standard InChI is InChI=1S/C20H11FO5S/c21-12-8-10-13(11-9-12)27(24,25)26-17-7-3-6-16-18(17)20(23)15-5-2-1-4-14(15)19(16)22/h1-11H. The number of hydrogen-bond donors (Lipinski definition) is 0. The molecule has 1 aliphatic carbocycles. The molecule has 0 fully saturated rings. The smallest absolute Gasteiger partial charge is 0.339 e. The van der Waals surface area contributed by atoms with Crippen LogP contribution in [0.5, 0.6) is 5.75 Å². The summed E-state index contributed by atoms with van der Waals surface area (Å²) in [5, 5.41) is 0. The van der Waals surface area contributed by atoms with Gasteiger partial charge in [0.1, 0.15) is 10.7 Å². The van der Waals surface area contributed by atoms with Gasteiger partial charge in [0.2, 0.25) is 0 Å². The first-order chi connectivity index (χ1) is 12.9. The molecule has 0 unspecified atom stereocenters. The van der Waals surface area contributed by atoms with Gasteiger partial charge in [-0.15, -0.1) is 0 Å². The second kappa shape index (κ2) is 6.14. The Morgan fingerprint density at radius 2 is 1.30 bits per heavy atom. The maximum absolute atomic E-state index is 13.0. The van der Waals surface area contributed by atoms with E-state index in [1.165, 1.54) is 24.3 Å². The van der Waals surface area contributed by atoms with Crippen LogP contribution in [0.2, 0.25) is 0 Å². The fraction of sp³-hybridized carbons (Fsp3) is 0. The minimum Gasteiger partial charge on any atom is -0.378 e. The average Bonchev–Trinajstić information content (AvgIpc) is 2.66. The fourth-order valence-corrected chi connectivity index (χ4v) is 3.89. The Kier molecular flexibility index (Phi) is 3.89. The highest BCUT2D eigenvalue weighted by atomic mass is 32.2. The summed E-state index contributed by atoms with van der Waals surface area (Å²) in [6.45, 7) is 0. The number of carbonyl (C=O) groups excluding carboxylic acids is 2. The van der Waals surface area contributed by atoms with Crippen molar-refractivity contribution in [1.29, 1.82) is 0 Å². The molecule has 3 aromatic rings. The Morgan fingerprint density at radius 1 is 0.704 bits per heavy atom. The van der Waals surface area contributed by atoms with Crippen LogP contribution < -0.4 is 4.18 Å². The summed E-state index contributed by atoms with van der Waals surface area (Å²) in [5.41, 5.74) is 0.413. The molecule has 0 saturated heterocycles. The summed E-state index contributed by atoms with van der Waals surface area (Å²) in [5.74, 6) is -1.72. The van der Waals surface area contributed by atoms with Gasteiger partial charge in [-0.25, -0.2) is 4.39 Å². The molecule has 0 atom stereocenters. The van der Waals surface area contributed by atoms with Crippen molar-refractivity contribution >= 4 is 21.7 Å². The van der Waals surface area contributed by atoms with E-state index in [1.807, 2.05) is 0 Å². The van der Waals surface area contributed by atoms with Gasteiger partial charge in [0.15, 0.2) is 17.3 Å². The summed E-state index contributed by atoms with van der Waals surface area (Å²) in [7, 11) is -4.31. The van der Waals surface area contributed by atoms with Crippen LogP contribution in [0, 0.1) is 5.82 Å². The van der Waals surface area contributed by atoms with Crippen molar-refractivity contribution in [2.24, 2.45) is 0 Å². The number of fused-ring (bicyclic) bond motifs is 2. The molecule has 5 nitrogen and oxygen atoms in total. The van der Waals surface area contributed by atoms with E-state index in [1.54, 1.807) is 18.2 Å². The van der Waals surface area contributed by atoms with Gasteiger partial charge in [0.05, 0.1) is 5.56 Å². The Labute approximate surface area is 154 Å². The monoisotopic (exact) mass is 382 g/mol. The predicted octanol–water partition coefficient (Wildman–Crippen LogP) is 3.37. The van der Waals surface area contributed by atoms with Crippen molar-refractivity contribution in [3.05, 3.63) is 94.8 Å². The highest BCUT2D eigenvalue weighted by Crippen LogP contribution is 2.34. The van der Waals surface area contributed by atoms with E-state index >= 15 is 0 Å². The molecular weight excluding hydrogens is 371 g/mol. The fourth-order valence-electron chi connectivity index (χ4n) is 2.95. The second-order valence-corrected chi connectivity index (χ2v) is 7.42. The molecule has 0 heterocycles. The first-order valence-corrected chi connectivity index (χ1v) is 9.31. The van der Waals surface area contributed by atoms with Crippen molar-refractivity contribution in [3.8, 4) is 5.75 Å². The van der Waals surface area contributed by atoms with Crippen LogP contribution in [0.25, 0.3) is 0 Å². The topological polar surface area (TPSA) is 77.5 Å². The molecule has 0 radical (unpaired) electrons. The van der Waals surface area contributed by atoms with Crippen molar-refractivity contribution in [1.82, 2.24) is 0 Å². The van der Waals surface area contributed by atoms with E-state index in [0.717, 1.165) is 24.3 Å². The number of halogens is 1. The molecule has 0 saturated carbocycles. The van der Waals surface area contributed by atoms with Crippen LogP contribution in [-0.4, -0.2) is 20.0 Å². The van der Waals surface area contributed by atoms with Crippen LogP contribution in [0.4, 0.5) is 4.39 Å². The number of ketones is 2. The summed E-state index contributed by atoms with van der Waals surface area (Å²) in [6, 6.07) is 14.6. The van der Waals surface area contributed by atoms with Crippen LogP contribution >= 0.6 is 0 Å². The van der Waals surface area contributed by atoms with E-state index in [-0.39, 0.29) is 38.7 Å². The number of rotatable bonds is 3. The van der Waals surface area contributed by atoms with Crippen LogP contribution in [-0.2, 0) is 10.1 Å². The summed E-state index contributed by atoms with van der Waals surface area (Å²) >= 11 is 0. The van der Waals surface area contributed by atoms with Crippen LogP contribution in [0.1, 0.15) is 31.8 Å². The minimum absolute atomic E-state index is 0.0745. The lowest BCUT2D eigenvalue weighted by molar-refractivity contribution is 0.0977. The lowest BCUT2D eigenvalue weighted by Crippen LogP contribution is -2.22. The van der Waals surface area contributed by atoms with E-state index in [0.29, 0.717) is 0 Å². The highest BCUT2D eigenvalue weighted by Gasteiger charge is 2.33. The molecule has 0 aromatic heterocycles.